The Hall–Kier alpha value is -3.40. The van der Waals surface area contributed by atoms with Crippen LogP contribution in [0, 0.1) is 28.4 Å². The monoisotopic (exact) mass is 325 g/mol. The molecule has 0 fully saturated rings. The number of para-hydroxylation sites is 1. The molecule has 0 spiro atoms. The first-order valence-electron chi connectivity index (χ1n) is 7.06. The van der Waals surface area contributed by atoms with E-state index in [-0.39, 0.29) is 11.3 Å². The normalized spacial score (nSPS) is 11.2. The summed E-state index contributed by atoms with van der Waals surface area (Å²) in [6, 6.07) is 11.9. The number of carbonyl (C=O) groups excluding carboxylic acids is 1. The number of hydrogen-bond donors (Lipinski definition) is 1. The molecule has 2 aromatic rings. The predicted octanol–water partition coefficient (Wildman–Crippen LogP) is 2.91. The number of amides is 1. The van der Waals surface area contributed by atoms with E-state index >= 15 is 0 Å². The van der Waals surface area contributed by atoms with Crippen molar-refractivity contribution in [3.63, 3.8) is 0 Å². The van der Waals surface area contributed by atoms with Gasteiger partial charge in [0.05, 0.1) is 18.1 Å². The third-order valence-electron chi connectivity index (χ3n) is 3.53. The zero-order valence-corrected chi connectivity index (χ0v) is 13.1. The first-order chi connectivity index (χ1) is 11.5. The zero-order valence-electron chi connectivity index (χ0n) is 13.1. The van der Waals surface area contributed by atoms with Crippen molar-refractivity contribution in [2.75, 3.05) is 7.11 Å². The van der Waals surface area contributed by atoms with Crippen molar-refractivity contribution in [1.82, 2.24) is 5.32 Å². The molecule has 1 N–H and O–H groups in total. The fraction of sp³-hybridized carbons (Fsp3) is 0.176. The van der Waals surface area contributed by atoms with Gasteiger partial charge in [-0.05, 0) is 18.6 Å². The number of nitrogens with one attached hydrogen (secondary N) is 1. The summed E-state index contributed by atoms with van der Waals surface area (Å²) >= 11 is 0. The third-order valence-corrected chi connectivity index (χ3v) is 3.53. The van der Waals surface area contributed by atoms with Gasteiger partial charge in [-0.1, -0.05) is 24.3 Å². The number of nitriles is 1. The van der Waals surface area contributed by atoms with Gasteiger partial charge in [-0.2, -0.15) is 5.26 Å². The molecule has 0 aromatic heterocycles. The molecule has 0 unspecified atom stereocenters. The van der Waals surface area contributed by atoms with Crippen LogP contribution in [-0.4, -0.2) is 17.9 Å². The molecule has 0 aliphatic heterocycles. The maximum absolute atomic E-state index is 12.5. The molecule has 122 valence electrons. The maximum Gasteiger partial charge on any atom is 0.270 e. The number of aryl methyl sites for hydroxylation is 1. The molecule has 0 saturated heterocycles. The molecule has 0 saturated carbocycles. The number of benzene rings is 2. The fourth-order valence-corrected chi connectivity index (χ4v) is 2.26. The van der Waals surface area contributed by atoms with Gasteiger partial charge in [0, 0.05) is 23.3 Å². The molecule has 1 amide bonds. The lowest BCUT2D eigenvalue weighted by Crippen LogP contribution is -2.28. The molecule has 24 heavy (non-hydrogen) atoms. The average molecular weight is 325 g/mol. The number of methoxy groups -OCH3 is 1. The van der Waals surface area contributed by atoms with E-state index in [2.05, 4.69) is 5.32 Å². The Balaban J connectivity index is 2.32. The number of rotatable bonds is 5. The highest BCUT2D eigenvalue weighted by molar-refractivity contribution is 5.96. The SMILES string of the molecule is COc1ccccc1[C@@H](C#N)NC(=O)c1cc([N+](=O)[O-])ccc1C. The lowest BCUT2D eigenvalue weighted by molar-refractivity contribution is -0.384. The second-order valence-corrected chi connectivity index (χ2v) is 5.03. The Morgan fingerprint density at radius 3 is 2.67 bits per heavy atom. The quantitative estimate of drug-likeness (QED) is 0.672. The molecule has 1 atom stereocenters. The topological polar surface area (TPSA) is 105 Å². The van der Waals surface area contributed by atoms with Crippen molar-refractivity contribution in [3.8, 4) is 11.8 Å². The fourth-order valence-electron chi connectivity index (χ4n) is 2.26. The zero-order chi connectivity index (χ0) is 17.7. The van der Waals surface area contributed by atoms with E-state index in [1.54, 1.807) is 31.2 Å². The van der Waals surface area contributed by atoms with Gasteiger partial charge in [0.25, 0.3) is 11.6 Å². The van der Waals surface area contributed by atoms with Crippen LogP contribution in [0.2, 0.25) is 0 Å². The number of nitrogens with zero attached hydrogens (tertiary/aromatic N) is 2. The first kappa shape index (κ1) is 17.0. The van der Waals surface area contributed by atoms with Crippen molar-refractivity contribution in [2.45, 2.75) is 13.0 Å². The highest BCUT2D eigenvalue weighted by Gasteiger charge is 2.21. The number of nitro benzene ring substituents is 1. The van der Waals surface area contributed by atoms with Crippen molar-refractivity contribution in [3.05, 3.63) is 69.3 Å². The number of ether oxygens (including phenoxy) is 1. The average Bonchev–Trinajstić information content (AvgIpc) is 2.59. The molecular weight excluding hydrogens is 310 g/mol. The van der Waals surface area contributed by atoms with Crippen LogP contribution in [-0.2, 0) is 0 Å². The van der Waals surface area contributed by atoms with Crippen LogP contribution >= 0.6 is 0 Å². The summed E-state index contributed by atoms with van der Waals surface area (Å²) in [5.41, 5.74) is 1.06. The van der Waals surface area contributed by atoms with Crippen molar-refractivity contribution in [2.24, 2.45) is 0 Å². The maximum atomic E-state index is 12.5. The lowest BCUT2D eigenvalue weighted by atomic mass is 10.0. The van der Waals surface area contributed by atoms with Gasteiger partial charge in [0.1, 0.15) is 11.8 Å². The number of carbonyl (C=O) groups is 1. The molecule has 0 radical (unpaired) electrons. The number of non-ortho nitro benzene ring substituents is 1. The second kappa shape index (κ2) is 7.24. The largest absolute Gasteiger partial charge is 0.496 e. The Kier molecular flexibility index (Phi) is 5.12. The third kappa shape index (κ3) is 3.50. The summed E-state index contributed by atoms with van der Waals surface area (Å²) in [6.07, 6.45) is 0. The van der Waals surface area contributed by atoms with Gasteiger partial charge in [-0.15, -0.1) is 0 Å². The predicted molar refractivity (Wildman–Crippen MR) is 86.6 cm³/mol. The number of hydrogen-bond acceptors (Lipinski definition) is 5. The van der Waals surface area contributed by atoms with Gasteiger partial charge in [0.15, 0.2) is 0 Å². The van der Waals surface area contributed by atoms with E-state index < -0.39 is 16.9 Å². The first-order valence-corrected chi connectivity index (χ1v) is 7.06. The summed E-state index contributed by atoms with van der Waals surface area (Å²) < 4.78 is 5.20. The molecule has 7 nitrogen and oxygen atoms in total. The van der Waals surface area contributed by atoms with Crippen LogP contribution < -0.4 is 10.1 Å². The van der Waals surface area contributed by atoms with Crippen LogP contribution in [0.3, 0.4) is 0 Å². The van der Waals surface area contributed by atoms with Crippen molar-refractivity contribution in [1.29, 1.82) is 5.26 Å². The van der Waals surface area contributed by atoms with Gasteiger partial charge in [0.2, 0.25) is 0 Å². The Morgan fingerprint density at radius 1 is 1.33 bits per heavy atom. The summed E-state index contributed by atoms with van der Waals surface area (Å²) in [6.45, 7) is 1.67. The summed E-state index contributed by atoms with van der Waals surface area (Å²) in [4.78, 5) is 22.8. The molecule has 0 heterocycles. The van der Waals surface area contributed by atoms with Crippen LogP contribution in [0.15, 0.2) is 42.5 Å². The van der Waals surface area contributed by atoms with Crippen LogP contribution in [0.1, 0.15) is 27.5 Å². The highest BCUT2D eigenvalue weighted by atomic mass is 16.6. The smallest absolute Gasteiger partial charge is 0.270 e. The summed E-state index contributed by atoms with van der Waals surface area (Å²) in [5.74, 6) is -0.0891. The van der Waals surface area contributed by atoms with E-state index in [4.69, 9.17) is 4.74 Å². The molecule has 2 aromatic carbocycles. The Bertz CT molecular complexity index is 827. The molecule has 0 bridgehead atoms. The van der Waals surface area contributed by atoms with E-state index in [1.165, 1.54) is 25.3 Å². The van der Waals surface area contributed by atoms with Crippen LogP contribution in [0.4, 0.5) is 5.69 Å². The molecule has 0 aliphatic rings. The second-order valence-electron chi connectivity index (χ2n) is 5.03. The van der Waals surface area contributed by atoms with Crippen molar-refractivity contribution >= 4 is 11.6 Å². The Morgan fingerprint density at radius 2 is 2.04 bits per heavy atom. The van der Waals surface area contributed by atoms with E-state index in [1.807, 2.05) is 6.07 Å². The highest BCUT2D eigenvalue weighted by Crippen LogP contribution is 2.25. The summed E-state index contributed by atoms with van der Waals surface area (Å²) in [7, 11) is 1.47. The lowest BCUT2D eigenvalue weighted by Gasteiger charge is -2.15. The summed E-state index contributed by atoms with van der Waals surface area (Å²) in [5, 5.41) is 22.8. The standard InChI is InChI=1S/C17H15N3O4/c1-11-7-8-12(20(22)23)9-14(11)17(21)19-15(10-18)13-5-3-4-6-16(13)24-2/h3-9,15H,1-2H3,(H,19,21)/t15-/m1/s1. The molecular formula is C17H15N3O4. The van der Waals surface area contributed by atoms with Gasteiger partial charge < -0.3 is 10.1 Å². The van der Waals surface area contributed by atoms with Gasteiger partial charge >= 0.3 is 0 Å². The Labute approximate surface area is 138 Å². The minimum atomic E-state index is -0.938. The van der Waals surface area contributed by atoms with Gasteiger partial charge in [-0.3, -0.25) is 14.9 Å². The molecule has 2 rings (SSSR count). The van der Waals surface area contributed by atoms with E-state index in [0.29, 0.717) is 16.9 Å². The van der Waals surface area contributed by atoms with Crippen LogP contribution in [0.5, 0.6) is 5.75 Å². The minimum absolute atomic E-state index is 0.152. The molecule has 7 heteroatoms. The van der Waals surface area contributed by atoms with Crippen LogP contribution in [0.25, 0.3) is 0 Å². The van der Waals surface area contributed by atoms with Crippen molar-refractivity contribution < 1.29 is 14.5 Å². The minimum Gasteiger partial charge on any atom is -0.496 e. The van der Waals surface area contributed by atoms with E-state index in [0.717, 1.165) is 0 Å². The van der Waals surface area contributed by atoms with E-state index in [9.17, 15) is 20.2 Å². The number of nitro groups is 1. The molecule has 0 aliphatic carbocycles. The van der Waals surface area contributed by atoms with Gasteiger partial charge in [-0.25, -0.2) is 0 Å².